The number of amides is 3. The predicted octanol–water partition coefficient (Wildman–Crippen LogP) is 2.12. The molecule has 1 fully saturated rings. The number of carbonyl (C=O) groups is 2. The minimum absolute atomic E-state index is 0.0215. The Morgan fingerprint density at radius 3 is 2.91 bits per heavy atom. The summed E-state index contributed by atoms with van der Waals surface area (Å²) in [7, 11) is 0. The first-order chi connectivity index (χ1) is 10.9. The highest BCUT2D eigenvalue weighted by molar-refractivity contribution is 5.90. The van der Waals surface area contributed by atoms with Gasteiger partial charge in [-0.05, 0) is 31.6 Å². The van der Waals surface area contributed by atoms with E-state index in [4.69, 9.17) is 0 Å². The van der Waals surface area contributed by atoms with Crippen LogP contribution < -0.4 is 10.6 Å². The fourth-order valence-corrected chi connectivity index (χ4v) is 2.76. The first-order valence-corrected chi connectivity index (χ1v) is 8.28. The fraction of sp³-hybridized carbons (Fsp3) is 0.688. The van der Waals surface area contributed by atoms with E-state index in [1.165, 1.54) is 0 Å². The third-order valence-electron chi connectivity index (χ3n) is 3.92. The summed E-state index contributed by atoms with van der Waals surface area (Å²) in [6.45, 7) is 8.11. The number of H-pyrrole nitrogens is 1. The molecule has 1 atom stereocenters. The molecule has 0 aliphatic carbocycles. The number of aromatic amines is 1. The average molecular weight is 321 g/mol. The topological polar surface area (TPSA) is 90.1 Å². The van der Waals surface area contributed by atoms with Gasteiger partial charge in [0.2, 0.25) is 5.91 Å². The van der Waals surface area contributed by atoms with E-state index in [1.807, 2.05) is 11.8 Å². The summed E-state index contributed by atoms with van der Waals surface area (Å²) in [6, 6.07) is 1.77. The van der Waals surface area contributed by atoms with Crippen molar-refractivity contribution in [2.75, 3.05) is 25.0 Å². The highest BCUT2D eigenvalue weighted by Gasteiger charge is 2.25. The van der Waals surface area contributed by atoms with Crippen molar-refractivity contribution in [3.63, 3.8) is 0 Å². The number of aryl methyl sites for hydroxylation is 1. The highest BCUT2D eigenvalue weighted by atomic mass is 16.2. The van der Waals surface area contributed by atoms with Gasteiger partial charge < -0.3 is 15.5 Å². The Balaban J connectivity index is 1.79. The van der Waals surface area contributed by atoms with Gasteiger partial charge in [-0.1, -0.05) is 13.8 Å². The number of nitrogens with one attached hydrogen (secondary N) is 3. The monoisotopic (exact) mass is 321 g/mol. The maximum Gasteiger partial charge on any atom is 0.317 e. The van der Waals surface area contributed by atoms with Crippen molar-refractivity contribution in [3.05, 3.63) is 11.8 Å². The molecular weight excluding hydrogens is 294 g/mol. The van der Waals surface area contributed by atoms with Crippen LogP contribution in [0.3, 0.4) is 0 Å². The largest absolute Gasteiger partial charge is 0.338 e. The summed E-state index contributed by atoms with van der Waals surface area (Å²) >= 11 is 0. The van der Waals surface area contributed by atoms with Crippen LogP contribution in [0.1, 0.15) is 38.8 Å². The summed E-state index contributed by atoms with van der Waals surface area (Å²) in [4.78, 5) is 26.0. The molecule has 1 aliphatic rings. The average Bonchev–Trinajstić information content (AvgIpc) is 2.89. The Morgan fingerprint density at radius 1 is 1.48 bits per heavy atom. The van der Waals surface area contributed by atoms with Gasteiger partial charge in [0.25, 0.3) is 0 Å². The zero-order chi connectivity index (χ0) is 16.8. The van der Waals surface area contributed by atoms with E-state index in [2.05, 4.69) is 34.7 Å². The van der Waals surface area contributed by atoms with Gasteiger partial charge in [-0.25, -0.2) is 4.79 Å². The molecule has 3 N–H and O–H groups in total. The number of nitrogens with zero attached hydrogens (tertiary/aromatic N) is 2. The molecule has 2 heterocycles. The van der Waals surface area contributed by atoms with Crippen molar-refractivity contribution in [1.82, 2.24) is 20.4 Å². The maximum absolute atomic E-state index is 12.1. The van der Waals surface area contributed by atoms with Crippen molar-refractivity contribution in [1.29, 1.82) is 0 Å². The van der Waals surface area contributed by atoms with E-state index >= 15 is 0 Å². The molecule has 0 aromatic carbocycles. The van der Waals surface area contributed by atoms with E-state index in [-0.39, 0.29) is 17.9 Å². The van der Waals surface area contributed by atoms with Crippen LogP contribution >= 0.6 is 0 Å². The second kappa shape index (κ2) is 7.99. The molecular formula is C16H27N5O2. The lowest BCUT2D eigenvalue weighted by Crippen LogP contribution is -2.46. The Morgan fingerprint density at radius 2 is 2.26 bits per heavy atom. The van der Waals surface area contributed by atoms with Gasteiger partial charge in [0.1, 0.15) is 0 Å². The van der Waals surface area contributed by atoms with E-state index in [0.29, 0.717) is 31.2 Å². The van der Waals surface area contributed by atoms with E-state index in [0.717, 1.165) is 25.1 Å². The summed E-state index contributed by atoms with van der Waals surface area (Å²) in [6.07, 6.45) is 2.33. The van der Waals surface area contributed by atoms with Gasteiger partial charge in [0, 0.05) is 37.8 Å². The van der Waals surface area contributed by atoms with E-state index < -0.39 is 0 Å². The van der Waals surface area contributed by atoms with Crippen molar-refractivity contribution in [3.8, 4) is 0 Å². The number of anilines is 1. The Bertz CT molecular complexity index is 540. The number of hydrogen-bond acceptors (Lipinski definition) is 3. The third-order valence-corrected chi connectivity index (χ3v) is 3.92. The molecule has 1 aromatic heterocycles. The number of rotatable bonds is 5. The number of hydrogen-bond donors (Lipinski definition) is 3. The molecule has 7 nitrogen and oxygen atoms in total. The van der Waals surface area contributed by atoms with Crippen LogP contribution in [0, 0.1) is 18.8 Å². The molecule has 128 valence electrons. The predicted molar refractivity (Wildman–Crippen MR) is 89.1 cm³/mol. The summed E-state index contributed by atoms with van der Waals surface area (Å²) in [5, 5.41) is 12.5. The first-order valence-electron chi connectivity index (χ1n) is 8.28. The van der Waals surface area contributed by atoms with Gasteiger partial charge in [0.15, 0.2) is 5.82 Å². The number of carbonyl (C=O) groups excluding carboxylic acids is 2. The molecule has 0 bridgehead atoms. The molecule has 0 spiro atoms. The smallest absolute Gasteiger partial charge is 0.317 e. The standard InChI is InChI=1S/C16H27N5O2/c1-11(2)9-17-16(23)21-6-4-5-13(10-21)8-15(22)18-14-7-12(3)19-20-14/h7,11,13H,4-6,8-10H2,1-3H3,(H,17,23)(H2,18,19,20,22). The molecule has 1 unspecified atom stereocenters. The Hall–Kier alpha value is -2.05. The lowest BCUT2D eigenvalue weighted by molar-refractivity contribution is -0.117. The van der Waals surface area contributed by atoms with Crippen molar-refractivity contribution >= 4 is 17.8 Å². The van der Waals surface area contributed by atoms with Crippen LogP contribution in [0.5, 0.6) is 0 Å². The van der Waals surface area contributed by atoms with Crippen LogP contribution in [-0.2, 0) is 4.79 Å². The molecule has 3 amide bonds. The molecule has 1 aliphatic heterocycles. The van der Waals surface area contributed by atoms with Crippen molar-refractivity contribution < 1.29 is 9.59 Å². The van der Waals surface area contributed by atoms with Gasteiger partial charge in [0.05, 0.1) is 0 Å². The van der Waals surface area contributed by atoms with Gasteiger partial charge in [-0.2, -0.15) is 5.10 Å². The zero-order valence-corrected chi connectivity index (χ0v) is 14.2. The molecule has 2 rings (SSSR count). The van der Waals surface area contributed by atoms with Gasteiger partial charge >= 0.3 is 6.03 Å². The summed E-state index contributed by atoms with van der Waals surface area (Å²) in [5.41, 5.74) is 0.908. The quantitative estimate of drug-likeness (QED) is 0.776. The van der Waals surface area contributed by atoms with Gasteiger partial charge in [-0.15, -0.1) is 0 Å². The number of aromatic nitrogens is 2. The number of urea groups is 1. The number of piperidine rings is 1. The highest BCUT2D eigenvalue weighted by Crippen LogP contribution is 2.20. The van der Waals surface area contributed by atoms with Crippen LogP contribution in [0.15, 0.2) is 6.07 Å². The molecule has 1 aromatic rings. The SMILES string of the molecule is Cc1cc(NC(=O)CC2CCCN(C(=O)NCC(C)C)C2)n[nH]1. The van der Waals surface area contributed by atoms with Crippen LogP contribution in [-0.4, -0.2) is 46.7 Å². The van der Waals surface area contributed by atoms with Crippen LogP contribution in [0.4, 0.5) is 10.6 Å². The summed E-state index contributed by atoms with van der Waals surface area (Å²) in [5.74, 6) is 1.14. The second-order valence-corrected chi connectivity index (χ2v) is 6.72. The Labute approximate surface area is 137 Å². The molecule has 7 heteroatoms. The fourth-order valence-electron chi connectivity index (χ4n) is 2.76. The normalized spacial score (nSPS) is 18.1. The lowest BCUT2D eigenvalue weighted by Gasteiger charge is -2.32. The minimum Gasteiger partial charge on any atom is -0.338 e. The Kier molecular flexibility index (Phi) is 6.01. The molecule has 1 saturated heterocycles. The van der Waals surface area contributed by atoms with Crippen molar-refractivity contribution in [2.45, 2.75) is 40.0 Å². The first kappa shape index (κ1) is 17.3. The minimum atomic E-state index is -0.0501. The summed E-state index contributed by atoms with van der Waals surface area (Å²) < 4.78 is 0. The van der Waals surface area contributed by atoms with Crippen molar-refractivity contribution in [2.24, 2.45) is 11.8 Å². The zero-order valence-electron chi connectivity index (χ0n) is 14.2. The van der Waals surface area contributed by atoms with E-state index in [9.17, 15) is 9.59 Å². The molecule has 0 radical (unpaired) electrons. The van der Waals surface area contributed by atoms with Gasteiger partial charge in [-0.3, -0.25) is 9.89 Å². The lowest BCUT2D eigenvalue weighted by atomic mass is 9.94. The number of likely N-dealkylation sites (tertiary alicyclic amines) is 1. The molecule has 23 heavy (non-hydrogen) atoms. The molecule has 0 saturated carbocycles. The van der Waals surface area contributed by atoms with Crippen LogP contribution in [0.25, 0.3) is 0 Å². The maximum atomic E-state index is 12.1. The van der Waals surface area contributed by atoms with E-state index in [1.54, 1.807) is 6.07 Å². The second-order valence-electron chi connectivity index (χ2n) is 6.72. The van der Waals surface area contributed by atoms with Crippen LogP contribution in [0.2, 0.25) is 0 Å². The third kappa shape index (κ3) is 5.58.